The summed E-state index contributed by atoms with van der Waals surface area (Å²) in [6.07, 6.45) is -1.03. The average molecular weight is 209 g/mol. The number of benzene rings is 1. The van der Waals surface area contributed by atoms with Crippen molar-refractivity contribution in [3.8, 4) is 5.75 Å². The molecule has 1 heterocycles. The molecule has 5 nitrogen and oxygen atoms in total. The molecule has 5 heteroatoms. The Morgan fingerprint density at radius 2 is 2.00 bits per heavy atom. The summed E-state index contributed by atoms with van der Waals surface area (Å²) in [5, 5.41) is 20.6. The number of carbonyl (C=O) groups excluding carboxylic acids is 1. The van der Waals surface area contributed by atoms with Gasteiger partial charge in [-0.1, -0.05) is 12.1 Å². The van der Waals surface area contributed by atoms with Gasteiger partial charge in [0.05, 0.1) is 12.6 Å². The number of phenols is 1. The number of ether oxygens (including phenoxy) is 1. The average Bonchev–Trinajstić information content (AvgIpc) is 2.61. The maximum absolute atomic E-state index is 11.0. The molecule has 80 valence electrons. The lowest BCUT2D eigenvalue weighted by atomic mass is 10.0. The highest BCUT2D eigenvalue weighted by molar-refractivity contribution is 5.70. The minimum Gasteiger partial charge on any atom is -0.508 e. The molecule has 0 bridgehead atoms. The quantitative estimate of drug-likeness (QED) is 0.664. The first kappa shape index (κ1) is 9.79. The third-order valence-corrected chi connectivity index (χ3v) is 2.32. The van der Waals surface area contributed by atoms with Gasteiger partial charge in [0.2, 0.25) is 0 Å². The summed E-state index contributed by atoms with van der Waals surface area (Å²) in [6, 6.07) is 5.90. The normalized spacial score (nSPS) is 24.7. The molecule has 1 aliphatic heterocycles. The lowest BCUT2D eigenvalue weighted by Crippen LogP contribution is -2.31. The smallest absolute Gasteiger partial charge is 0.408 e. The largest absolute Gasteiger partial charge is 0.508 e. The van der Waals surface area contributed by atoms with Crippen LogP contribution >= 0.6 is 0 Å². The number of aromatic hydroxyl groups is 1. The third kappa shape index (κ3) is 1.87. The summed E-state index contributed by atoms with van der Waals surface area (Å²) in [5.74, 6) is 0.150. The molecule has 1 aromatic carbocycles. The fourth-order valence-electron chi connectivity index (χ4n) is 1.56. The lowest BCUT2D eigenvalue weighted by Gasteiger charge is -2.14. The standard InChI is InChI=1S/C10H11NO4/c12-5-8-9(15-10(14)11-8)6-1-3-7(13)4-2-6/h1-4,8-9,12-13H,5H2,(H,11,14). The summed E-state index contributed by atoms with van der Waals surface area (Å²) < 4.78 is 5.00. The molecule has 0 saturated carbocycles. The SMILES string of the molecule is O=C1NC(CO)C(c2ccc(O)cc2)O1. The number of nitrogens with one attached hydrogen (secondary N) is 1. The van der Waals surface area contributed by atoms with E-state index >= 15 is 0 Å². The maximum Gasteiger partial charge on any atom is 0.408 e. The van der Waals surface area contributed by atoms with Crippen LogP contribution in [0.2, 0.25) is 0 Å². The van der Waals surface area contributed by atoms with Crippen molar-refractivity contribution in [1.29, 1.82) is 0 Å². The zero-order valence-electron chi connectivity index (χ0n) is 7.88. The van der Waals surface area contributed by atoms with Gasteiger partial charge in [-0.3, -0.25) is 0 Å². The van der Waals surface area contributed by atoms with Crippen LogP contribution in [0.3, 0.4) is 0 Å². The van der Waals surface area contributed by atoms with E-state index in [0.29, 0.717) is 0 Å². The number of alkyl carbamates (subject to hydrolysis) is 1. The van der Waals surface area contributed by atoms with Gasteiger partial charge in [0, 0.05) is 0 Å². The van der Waals surface area contributed by atoms with Crippen molar-refractivity contribution >= 4 is 6.09 Å². The first-order chi connectivity index (χ1) is 7.20. The Labute approximate surface area is 86.3 Å². The summed E-state index contributed by atoms with van der Waals surface area (Å²) in [6.45, 7) is -0.183. The minimum absolute atomic E-state index is 0.150. The van der Waals surface area contributed by atoms with E-state index < -0.39 is 18.2 Å². The van der Waals surface area contributed by atoms with Crippen LogP contribution in [-0.2, 0) is 4.74 Å². The zero-order valence-corrected chi connectivity index (χ0v) is 7.88. The number of rotatable bonds is 2. The maximum atomic E-state index is 11.0. The molecule has 0 spiro atoms. The van der Waals surface area contributed by atoms with Crippen LogP contribution in [0.4, 0.5) is 4.79 Å². The predicted octanol–water partition coefficient (Wildman–Crippen LogP) is 0.534. The number of amides is 1. The highest BCUT2D eigenvalue weighted by Crippen LogP contribution is 2.27. The van der Waals surface area contributed by atoms with Crippen molar-refractivity contribution < 1.29 is 19.7 Å². The fourth-order valence-corrected chi connectivity index (χ4v) is 1.56. The van der Waals surface area contributed by atoms with Crippen LogP contribution < -0.4 is 5.32 Å². The number of hydrogen-bond acceptors (Lipinski definition) is 4. The fraction of sp³-hybridized carbons (Fsp3) is 0.300. The zero-order chi connectivity index (χ0) is 10.8. The lowest BCUT2D eigenvalue weighted by molar-refractivity contribution is 0.119. The molecule has 2 atom stereocenters. The van der Waals surface area contributed by atoms with Gasteiger partial charge in [0.25, 0.3) is 0 Å². The van der Waals surface area contributed by atoms with Gasteiger partial charge < -0.3 is 20.3 Å². The second kappa shape index (κ2) is 3.78. The van der Waals surface area contributed by atoms with Gasteiger partial charge in [0.15, 0.2) is 6.10 Å². The predicted molar refractivity (Wildman–Crippen MR) is 51.3 cm³/mol. The van der Waals surface area contributed by atoms with Crippen molar-refractivity contribution in [1.82, 2.24) is 5.32 Å². The van der Waals surface area contributed by atoms with E-state index in [4.69, 9.17) is 14.9 Å². The van der Waals surface area contributed by atoms with Crippen molar-refractivity contribution in [3.05, 3.63) is 29.8 Å². The van der Waals surface area contributed by atoms with Gasteiger partial charge in [-0.15, -0.1) is 0 Å². The molecule has 1 aliphatic rings. The summed E-state index contributed by atoms with van der Waals surface area (Å²) in [5.41, 5.74) is 0.741. The number of cyclic esters (lactones) is 1. The van der Waals surface area contributed by atoms with Crippen LogP contribution in [-0.4, -0.2) is 29.0 Å². The molecule has 0 aliphatic carbocycles. The Morgan fingerprint density at radius 3 is 2.60 bits per heavy atom. The number of hydrogen-bond donors (Lipinski definition) is 3. The molecule has 15 heavy (non-hydrogen) atoms. The molecule has 1 aromatic rings. The van der Waals surface area contributed by atoms with E-state index in [0.717, 1.165) is 5.56 Å². The molecule has 1 fully saturated rings. The highest BCUT2D eigenvalue weighted by Gasteiger charge is 2.34. The van der Waals surface area contributed by atoms with E-state index in [9.17, 15) is 4.79 Å². The Balaban J connectivity index is 2.22. The molecule has 3 N–H and O–H groups in total. The molecular weight excluding hydrogens is 198 g/mol. The van der Waals surface area contributed by atoms with Crippen LogP contribution in [0.25, 0.3) is 0 Å². The number of aliphatic hydroxyl groups excluding tert-OH is 1. The van der Waals surface area contributed by atoms with Crippen LogP contribution in [0.15, 0.2) is 24.3 Å². The molecular formula is C10H11NO4. The van der Waals surface area contributed by atoms with E-state index in [2.05, 4.69) is 5.32 Å². The highest BCUT2D eigenvalue weighted by atomic mass is 16.6. The second-order valence-corrected chi connectivity index (χ2v) is 3.35. The second-order valence-electron chi connectivity index (χ2n) is 3.35. The topological polar surface area (TPSA) is 78.8 Å². The van der Waals surface area contributed by atoms with Gasteiger partial charge in [-0.25, -0.2) is 4.79 Å². The Morgan fingerprint density at radius 1 is 1.33 bits per heavy atom. The number of phenolic OH excluding ortho intramolecular Hbond substituents is 1. The van der Waals surface area contributed by atoms with E-state index in [-0.39, 0.29) is 12.4 Å². The van der Waals surface area contributed by atoms with Crippen molar-refractivity contribution in [2.45, 2.75) is 12.1 Å². The minimum atomic E-state index is -0.535. The molecule has 0 aromatic heterocycles. The summed E-state index contributed by atoms with van der Waals surface area (Å²) >= 11 is 0. The van der Waals surface area contributed by atoms with Crippen LogP contribution in [0.1, 0.15) is 11.7 Å². The summed E-state index contributed by atoms with van der Waals surface area (Å²) in [4.78, 5) is 11.0. The van der Waals surface area contributed by atoms with Gasteiger partial charge >= 0.3 is 6.09 Å². The first-order valence-corrected chi connectivity index (χ1v) is 4.57. The molecule has 1 amide bonds. The summed E-state index contributed by atoms with van der Waals surface area (Å²) in [7, 11) is 0. The van der Waals surface area contributed by atoms with Crippen molar-refractivity contribution in [3.63, 3.8) is 0 Å². The Kier molecular flexibility index (Phi) is 2.47. The van der Waals surface area contributed by atoms with E-state index in [1.807, 2.05) is 0 Å². The first-order valence-electron chi connectivity index (χ1n) is 4.57. The molecule has 1 saturated heterocycles. The van der Waals surface area contributed by atoms with Gasteiger partial charge in [-0.05, 0) is 17.7 Å². The monoisotopic (exact) mass is 209 g/mol. The van der Waals surface area contributed by atoms with Crippen LogP contribution in [0, 0.1) is 0 Å². The van der Waals surface area contributed by atoms with E-state index in [1.165, 1.54) is 12.1 Å². The molecule has 2 rings (SSSR count). The van der Waals surface area contributed by atoms with Crippen LogP contribution in [0.5, 0.6) is 5.75 Å². The third-order valence-electron chi connectivity index (χ3n) is 2.32. The molecule has 0 radical (unpaired) electrons. The number of aliphatic hydroxyl groups is 1. The molecule has 2 unspecified atom stereocenters. The number of carbonyl (C=O) groups is 1. The van der Waals surface area contributed by atoms with E-state index in [1.54, 1.807) is 12.1 Å². The van der Waals surface area contributed by atoms with Crippen molar-refractivity contribution in [2.75, 3.05) is 6.61 Å². The van der Waals surface area contributed by atoms with Gasteiger partial charge in [-0.2, -0.15) is 0 Å². The van der Waals surface area contributed by atoms with Gasteiger partial charge in [0.1, 0.15) is 5.75 Å². The Bertz CT molecular complexity index is 362. The van der Waals surface area contributed by atoms with Crippen molar-refractivity contribution in [2.24, 2.45) is 0 Å². The Hall–Kier alpha value is -1.75.